The fraction of sp³-hybridized carbons (Fsp3) is 0.941. The number of unbranched alkanes of at least 4 members (excludes halogenated alkanes) is 1. The molecule has 0 aromatic rings. The van der Waals surface area contributed by atoms with Gasteiger partial charge in [-0.3, -0.25) is 4.79 Å². The SMILES string of the molecule is CCCC[C@H]1CCCC[C@H]1C(=O)O[C@@H]1CCCC[C@H]1O. The Morgan fingerprint density at radius 3 is 2.55 bits per heavy atom. The van der Waals surface area contributed by atoms with Gasteiger partial charge in [0.15, 0.2) is 0 Å². The first kappa shape index (κ1) is 15.8. The maximum Gasteiger partial charge on any atom is 0.309 e. The fourth-order valence-electron chi connectivity index (χ4n) is 3.78. The minimum Gasteiger partial charge on any atom is -0.459 e. The molecule has 2 aliphatic rings. The van der Waals surface area contributed by atoms with E-state index in [-0.39, 0.29) is 18.0 Å². The van der Waals surface area contributed by atoms with E-state index in [1.165, 1.54) is 25.7 Å². The number of rotatable bonds is 5. The van der Waals surface area contributed by atoms with E-state index in [0.717, 1.165) is 44.9 Å². The smallest absolute Gasteiger partial charge is 0.309 e. The minimum absolute atomic E-state index is 0.0308. The highest BCUT2D eigenvalue weighted by Crippen LogP contribution is 2.35. The molecule has 0 radical (unpaired) electrons. The number of esters is 1. The second-order valence-electron chi connectivity index (χ2n) is 6.62. The van der Waals surface area contributed by atoms with Crippen LogP contribution in [0.25, 0.3) is 0 Å². The van der Waals surface area contributed by atoms with Gasteiger partial charge in [0, 0.05) is 0 Å². The number of hydrogen-bond acceptors (Lipinski definition) is 3. The quantitative estimate of drug-likeness (QED) is 0.780. The lowest BCUT2D eigenvalue weighted by atomic mass is 9.76. The lowest BCUT2D eigenvalue weighted by Gasteiger charge is -2.33. The van der Waals surface area contributed by atoms with Gasteiger partial charge in [-0.05, 0) is 44.4 Å². The molecule has 20 heavy (non-hydrogen) atoms. The molecule has 0 spiro atoms. The maximum absolute atomic E-state index is 12.5. The number of hydrogen-bond donors (Lipinski definition) is 1. The molecule has 2 rings (SSSR count). The van der Waals surface area contributed by atoms with Crippen LogP contribution in [0, 0.1) is 11.8 Å². The van der Waals surface area contributed by atoms with Crippen LogP contribution in [-0.4, -0.2) is 23.3 Å². The standard InChI is InChI=1S/C17H30O3/c1-2-3-8-13-9-4-5-10-14(13)17(19)20-16-12-7-6-11-15(16)18/h13-16,18H,2-12H2,1H3/t13-,14+,15+,16+/m0/s1. The van der Waals surface area contributed by atoms with E-state index < -0.39 is 6.10 Å². The molecular weight excluding hydrogens is 252 g/mol. The summed E-state index contributed by atoms with van der Waals surface area (Å²) in [6, 6.07) is 0. The van der Waals surface area contributed by atoms with Crippen molar-refractivity contribution < 1.29 is 14.6 Å². The van der Waals surface area contributed by atoms with Crippen molar-refractivity contribution in [3.63, 3.8) is 0 Å². The molecular formula is C17H30O3. The van der Waals surface area contributed by atoms with Crippen molar-refractivity contribution in [2.75, 3.05) is 0 Å². The predicted molar refractivity (Wildman–Crippen MR) is 79.3 cm³/mol. The first-order valence-electron chi connectivity index (χ1n) is 8.61. The second kappa shape index (κ2) is 8.02. The highest BCUT2D eigenvalue weighted by molar-refractivity contribution is 5.73. The zero-order valence-corrected chi connectivity index (χ0v) is 12.9. The van der Waals surface area contributed by atoms with Crippen molar-refractivity contribution in [1.29, 1.82) is 0 Å². The predicted octanol–water partition coefficient (Wildman–Crippen LogP) is 3.83. The van der Waals surface area contributed by atoms with Gasteiger partial charge in [0.2, 0.25) is 0 Å². The maximum atomic E-state index is 12.5. The topological polar surface area (TPSA) is 46.5 Å². The molecule has 2 saturated carbocycles. The Morgan fingerprint density at radius 2 is 1.80 bits per heavy atom. The van der Waals surface area contributed by atoms with Gasteiger partial charge in [-0.2, -0.15) is 0 Å². The number of carbonyl (C=O) groups excluding carboxylic acids is 1. The monoisotopic (exact) mass is 282 g/mol. The first-order chi connectivity index (χ1) is 9.72. The van der Waals surface area contributed by atoms with Crippen LogP contribution in [-0.2, 0) is 9.53 Å². The van der Waals surface area contributed by atoms with Gasteiger partial charge in [0.25, 0.3) is 0 Å². The minimum atomic E-state index is -0.439. The van der Waals surface area contributed by atoms with E-state index in [1.54, 1.807) is 0 Å². The van der Waals surface area contributed by atoms with Crippen LogP contribution in [0.1, 0.15) is 77.6 Å². The van der Waals surface area contributed by atoms with Crippen molar-refractivity contribution in [3.8, 4) is 0 Å². The van der Waals surface area contributed by atoms with Crippen LogP contribution < -0.4 is 0 Å². The Balaban J connectivity index is 1.88. The normalized spacial score (nSPS) is 34.7. The molecule has 0 aliphatic heterocycles. The largest absolute Gasteiger partial charge is 0.459 e. The summed E-state index contributed by atoms with van der Waals surface area (Å²) in [5.41, 5.74) is 0. The van der Waals surface area contributed by atoms with Crippen LogP contribution in [0.5, 0.6) is 0 Å². The molecule has 116 valence electrons. The Morgan fingerprint density at radius 1 is 1.10 bits per heavy atom. The van der Waals surface area contributed by atoms with E-state index in [1.807, 2.05) is 0 Å². The van der Waals surface area contributed by atoms with Crippen LogP contribution >= 0.6 is 0 Å². The average molecular weight is 282 g/mol. The van der Waals surface area contributed by atoms with E-state index in [4.69, 9.17) is 4.74 Å². The zero-order chi connectivity index (χ0) is 14.4. The number of aliphatic hydroxyl groups excluding tert-OH is 1. The van der Waals surface area contributed by atoms with Crippen molar-refractivity contribution in [2.24, 2.45) is 11.8 Å². The lowest BCUT2D eigenvalue weighted by Crippen LogP contribution is -2.38. The summed E-state index contributed by atoms with van der Waals surface area (Å²) >= 11 is 0. The zero-order valence-electron chi connectivity index (χ0n) is 12.9. The summed E-state index contributed by atoms with van der Waals surface area (Å²) in [4.78, 5) is 12.5. The molecule has 4 atom stereocenters. The summed E-state index contributed by atoms with van der Waals surface area (Å²) in [7, 11) is 0. The van der Waals surface area contributed by atoms with Gasteiger partial charge < -0.3 is 9.84 Å². The van der Waals surface area contributed by atoms with Crippen LogP contribution in [0.3, 0.4) is 0 Å². The van der Waals surface area contributed by atoms with Crippen LogP contribution in [0.15, 0.2) is 0 Å². The van der Waals surface area contributed by atoms with E-state index in [9.17, 15) is 9.90 Å². The van der Waals surface area contributed by atoms with E-state index in [2.05, 4.69) is 6.92 Å². The van der Waals surface area contributed by atoms with Crippen molar-refractivity contribution in [1.82, 2.24) is 0 Å². The number of ether oxygens (including phenoxy) is 1. The third-order valence-electron chi connectivity index (χ3n) is 5.08. The molecule has 0 aromatic heterocycles. The first-order valence-corrected chi connectivity index (χ1v) is 8.61. The third kappa shape index (κ3) is 4.21. The Hall–Kier alpha value is -0.570. The summed E-state index contributed by atoms with van der Waals surface area (Å²) in [6.45, 7) is 2.20. The molecule has 2 aliphatic carbocycles. The second-order valence-corrected chi connectivity index (χ2v) is 6.62. The molecule has 2 fully saturated rings. The van der Waals surface area contributed by atoms with Gasteiger partial charge in [-0.25, -0.2) is 0 Å². The Kier molecular flexibility index (Phi) is 6.34. The summed E-state index contributed by atoms with van der Waals surface area (Å²) in [6.07, 6.45) is 11.2. The van der Waals surface area contributed by atoms with Crippen molar-refractivity contribution in [3.05, 3.63) is 0 Å². The van der Waals surface area contributed by atoms with E-state index in [0.29, 0.717) is 5.92 Å². The number of aliphatic hydroxyl groups is 1. The van der Waals surface area contributed by atoms with Gasteiger partial charge >= 0.3 is 5.97 Å². The molecule has 3 nitrogen and oxygen atoms in total. The molecule has 0 saturated heterocycles. The highest BCUT2D eigenvalue weighted by atomic mass is 16.6. The van der Waals surface area contributed by atoms with Gasteiger partial charge in [-0.1, -0.05) is 39.0 Å². The van der Waals surface area contributed by atoms with Crippen molar-refractivity contribution in [2.45, 2.75) is 89.8 Å². The van der Waals surface area contributed by atoms with Crippen molar-refractivity contribution >= 4 is 5.97 Å². The molecule has 0 amide bonds. The third-order valence-corrected chi connectivity index (χ3v) is 5.08. The van der Waals surface area contributed by atoms with Gasteiger partial charge in [0.1, 0.15) is 6.10 Å². The van der Waals surface area contributed by atoms with E-state index >= 15 is 0 Å². The van der Waals surface area contributed by atoms with Crippen LogP contribution in [0.4, 0.5) is 0 Å². The van der Waals surface area contributed by atoms with Gasteiger partial charge in [-0.15, -0.1) is 0 Å². The molecule has 0 aromatic carbocycles. The molecule has 0 unspecified atom stereocenters. The average Bonchev–Trinajstić information content (AvgIpc) is 2.47. The summed E-state index contributed by atoms with van der Waals surface area (Å²) < 4.78 is 5.66. The summed E-state index contributed by atoms with van der Waals surface area (Å²) in [5, 5.41) is 9.95. The fourth-order valence-corrected chi connectivity index (χ4v) is 3.78. The Labute approximate surface area is 123 Å². The van der Waals surface area contributed by atoms with Gasteiger partial charge in [0.05, 0.1) is 12.0 Å². The molecule has 0 heterocycles. The Bertz CT molecular complexity index is 303. The highest BCUT2D eigenvalue weighted by Gasteiger charge is 2.34. The lowest BCUT2D eigenvalue weighted by molar-refractivity contribution is -0.166. The number of carbonyl (C=O) groups is 1. The molecule has 0 bridgehead atoms. The summed E-state index contributed by atoms with van der Waals surface area (Å²) in [5.74, 6) is 0.568. The molecule has 3 heteroatoms. The van der Waals surface area contributed by atoms with Crippen LogP contribution in [0.2, 0.25) is 0 Å². The molecule has 1 N–H and O–H groups in total.